The zero-order valence-corrected chi connectivity index (χ0v) is 16.7. The van der Waals surface area contributed by atoms with Crippen LogP contribution >= 0.6 is 22.9 Å². The van der Waals surface area contributed by atoms with Crippen LogP contribution in [0, 0.1) is 6.92 Å². The molecule has 140 valence electrons. The molecule has 9 heteroatoms. The van der Waals surface area contributed by atoms with E-state index in [0.717, 1.165) is 16.9 Å². The first kappa shape index (κ1) is 19.3. The van der Waals surface area contributed by atoms with Crippen LogP contribution in [0.3, 0.4) is 0 Å². The van der Waals surface area contributed by atoms with E-state index in [4.69, 9.17) is 11.6 Å². The van der Waals surface area contributed by atoms with E-state index in [-0.39, 0.29) is 22.4 Å². The molecule has 2 aromatic carbocycles. The Labute approximate surface area is 166 Å². The van der Waals surface area contributed by atoms with Gasteiger partial charge in [0.2, 0.25) is 5.91 Å². The fourth-order valence-electron chi connectivity index (χ4n) is 2.23. The van der Waals surface area contributed by atoms with Crippen LogP contribution in [0.15, 0.2) is 58.8 Å². The number of carbonyl (C=O) groups is 1. The summed E-state index contributed by atoms with van der Waals surface area (Å²) in [6.07, 6.45) is 0.0487. The van der Waals surface area contributed by atoms with Crippen LogP contribution in [-0.4, -0.2) is 19.3 Å². The Morgan fingerprint density at radius 1 is 1.11 bits per heavy atom. The Balaban J connectivity index is 1.63. The molecular weight excluding hydrogens is 406 g/mol. The lowest BCUT2D eigenvalue weighted by atomic mass is 10.2. The van der Waals surface area contributed by atoms with E-state index in [1.165, 1.54) is 24.3 Å². The van der Waals surface area contributed by atoms with Crippen LogP contribution in [0.4, 0.5) is 10.8 Å². The number of aryl methyl sites for hydroxylation is 1. The molecule has 0 saturated heterocycles. The Kier molecular flexibility index (Phi) is 5.79. The van der Waals surface area contributed by atoms with E-state index < -0.39 is 10.0 Å². The molecule has 3 rings (SSSR count). The number of sulfonamides is 1. The number of carbonyl (C=O) groups excluding carboxylic acids is 1. The summed E-state index contributed by atoms with van der Waals surface area (Å²) in [5, 5.41) is 5.07. The molecule has 2 N–H and O–H groups in total. The smallest absolute Gasteiger partial charge is 0.263 e. The van der Waals surface area contributed by atoms with Crippen LogP contribution in [0.1, 0.15) is 11.3 Å². The predicted molar refractivity (Wildman–Crippen MR) is 108 cm³/mol. The molecule has 0 aliphatic heterocycles. The quantitative estimate of drug-likeness (QED) is 0.627. The number of rotatable bonds is 6. The molecule has 0 saturated carbocycles. The van der Waals surface area contributed by atoms with Gasteiger partial charge in [0.05, 0.1) is 17.0 Å². The van der Waals surface area contributed by atoms with E-state index in [9.17, 15) is 13.2 Å². The van der Waals surface area contributed by atoms with Crippen molar-refractivity contribution in [3.8, 4) is 0 Å². The van der Waals surface area contributed by atoms with E-state index in [0.29, 0.717) is 16.4 Å². The number of nitrogens with one attached hydrogen (secondary N) is 2. The maximum absolute atomic E-state index is 12.3. The zero-order chi connectivity index (χ0) is 19.4. The number of anilines is 2. The third kappa shape index (κ3) is 5.29. The maximum Gasteiger partial charge on any atom is 0.263 e. The molecule has 0 aliphatic rings. The summed E-state index contributed by atoms with van der Waals surface area (Å²) in [6, 6.07) is 13.3. The van der Waals surface area contributed by atoms with Crippen molar-refractivity contribution in [2.45, 2.75) is 18.2 Å². The molecule has 0 spiro atoms. The lowest BCUT2D eigenvalue weighted by molar-refractivity contribution is -0.115. The predicted octanol–water partition coefficient (Wildman–Crippen LogP) is 4.09. The molecule has 3 aromatic rings. The van der Waals surface area contributed by atoms with Crippen molar-refractivity contribution in [1.82, 2.24) is 4.98 Å². The average molecular weight is 422 g/mol. The highest BCUT2D eigenvalue weighted by Gasteiger charge is 2.16. The number of benzene rings is 2. The topological polar surface area (TPSA) is 88.2 Å². The van der Waals surface area contributed by atoms with Crippen molar-refractivity contribution in [2.24, 2.45) is 0 Å². The summed E-state index contributed by atoms with van der Waals surface area (Å²) in [7, 11) is -3.76. The minimum atomic E-state index is -3.76. The van der Waals surface area contributed by atoms with Crippen LogP contribution in [0.5, 0.6) is 0 Å². The monoisotopic (exact) mass is 421 g/mol. The number of aromatic nitrogens is 1. The molecule has 1 amide bonds. The maximum atomic E-state index is 12.3. The highest BCUT2D eigenvalue weighted by molar-refractivity contribution is 7.93. The van der Waals surface area contributed by atoms with Gasteiger partial charge in [0.25, 0.3) is 10.0 Å². The van der Waals surface area contributed by atoms with Crippen LogP contribution in [-0.2, 0) is 21.2 Å². The van der Waals surface area contributed by atoms with Crippen LogP contribution in [0.2, 0.25) is 5.02 Å². The van der Waals surface area contributed by atoms with Crippen LogP contribution < -0.4 is 10.0 Å². The van der Waals surface area contributed by atoms with E-state index >= 15 is 0 Å². The highest BCUT2D eigenvalue weighted by atomic mass is 35.5. The van der Waals surface area contributed by atoms with Crippen molar-refractivity contribution in [3.05, 3.63) is 70.2 Å². The molecule has 1 heterocycles. The highest BCUT2D eigenvalue weighted by Crippen LogP contribution is 2.22. The summed E-state index contributed by atoms with van der Waals surface area (Å²) in [5.41, 5.74) is 2.29. The van der Waals surface area contributed by atoms with Crippen molar-refractivity contribution in [3.63, 3.8) is 0 Å². The molecule has 0 atom stereocenters. The van der Waals surface area contributed by atoms with Crippen molar-refractivity contribution in [1.29, 1.82) is 0 Å². The molecule has 0 aliphatic carbocycles. The van der Waals surface area contributed by atoms with Gasteiger partial charge in [0.1, 0.15) is 0 Å². The van der Waals surface area contributed by atoms with Gasteiger partial charge < -0.3 is 5.32 Å². The lowest BCUT2D eigenvalue weighted by Crippen LogP contribution is -2.15. The minimum Gasteiger partial charge on any atom is -0.326 e. The second-order valence-corrected chi connectivity index (χ2v) is 8.77. The molecule has 0 radical (unpaired) electrons. The number of amides is 1. The average Bonchev–Trinajstić information content (AvgIpc) is 3.03. The molecule has 0 unspecified atom stereocenters. The Morgan fingerprint density at radius 3 is 2.44 bits per heavy atom. The number of hydrogen-bond acceptors (Lipinski definition) is 5. The molecule has 6 nitrogen and oxygen atoms in total. The number of nitrogens with zero attached hydrogens (tertiary/aromatic N) is 1. The van der Waals surface area contributed by atoms with Gasteiger partial charge in [-0.25, -0.2) is 13.4 Å². The molecular formula is C18H16ClN3O3S2. The largest absolute Gasteiger partial charge is 0.326 e. The Hall–Kier alpha value is -2.42. The standard InChI is InChI=1S/C18H16ClN3O3S2/c1-12-2-6-14(7-3-12)20-17(23)10-15-11-26-18(21-15)22-27(24,25)16-8-4-13(19)5-9-16/h2-9,11H,10H2,1H3,(H,20,23)(H,21,22). The minimum absolute atomic E-state index is 0.0487. The second kappa shape index (κ2) is 8.08. The van der Waals surface area contributed by atoms with Gasteiger partial charge in [-0.3, -0.25) is 9.52 Å². The fourth-order valence-corrected chi connectivity index (χ4v) is 4.32. The van der Waals surface area contributed by atoms with Crippen molar-refractivity contribution in [2.75, 3.05) is 10.0 Å². The van der Waals surface area contributed by atoms with E-state index in [2.05, 4.69) is 15.0 Å². The normalized spacial score (nSPS) is 11.2. The first-order chi connectivity index (χ1) is 12.8. The lowest BCUT2D eigenvalue weighted by Gasteiger charge is -2.05. The summed E-state index contributed by atoms with van der Waals surface area (Å²) < 4.78 is 27.1. The van der Waals surface area contributed by atoms with Gasteiger partial charge in [-0.05, 0) is 43.3 Å². The van der Waals surface area contributed by atoms with Gasteiger partial charge in [0.15, 0.2) is 5.13 Å². The third-order valence-corrected chi connectivity index (χ3v) is 6.12. The van der Waals surface area contributed by atoms with Crippen LogP contribution in [0.25, 0.3) is 0 Å². The molecule has 1 aromatic heterocycles. The summed E-state index contributed by atoms with van der Waals surface area (Å²) in [5.74, 6) is -0.226. The molecule has 0 fully saturated rings. The van der Waals surface area contributed by atoms with Gasteiger partial charge in [-0.1, -0.05) is 29.3 Å². The number of thiazole rings is 1. The molecule has 27 heavy (non-hydrogen) atoms. The van der Waals surface area contributed by atoms with Gasteiger partial charge in [0, 0.05) is 16.1 Å². The summed E-state index contributed by atoms with van der Waals surface area (Å²) >= 11 is 6.89. The zero-order valence-electron chi connectivity index (χ0n) is 14.3. The summed E-state index contributed by atoms with van der Waals surface area (Å²) in [6.45, 7) is 1.97. The molecule has 0 bridgehead atoms. The fraction of sp³-hybridized carbons (Fsp3) is 0.111. The third-order valence-electron chi connectivity index (χ3n) is 3.57. The number of hydrogen-bond donors (Lipinski definition) is 2. The second-order valence-electron chi connectivity index (χ2n) is 5.79. The first-order valence-corrected chi connectivity index (χ1v) is 10.7. The van der Waals surface area contributed by atoms with Crippen molar-refractivity contribution < 1.29 is 13.2 Å². The SMILES string of the molecule is Cc1ccc(NC(=O)Cc2csc(NS(=O)(=O)c3ccc(Cl)cc3)n2)cc1. The van der Waals surface area contributed by atoms with E-state index in [1.807, 2.05) is 31.2 Å². The van der Waals surface area contributed by atoms with Gasteiger partial charge in [-0.2, -0.15) is 0 Å². The van der Waals surface area contributed by atoms with Gasteiger partial charge >= 0.3 is 0 Å². The van der Waals surface area contributed by atoms with Crippen molar-refractivity contribution >= 4 is 49.7 Å². The Morgan fingerprint density at radius 2 is 1.78 bits per heavy atom. The number of halogens is 1. The first-order valence-electron chi connectivity index (χ1n) is 7.91. The van der Waals surface area contributed by atoms with E-state index in [1.54, 1.807) is 5.38 Å². The Bertz CT molecular complexity index is 1050. The summed E-state index contributed by atoms with van der Waals surface area (Å²) in [4.78, 5) is 16.4. The van der Waals surface area contributed by atoms with Gasteiger partial charge in [-0.15, -0.1) is 11.3 Å².